The van der Waals surface area contributed by atoms with Crippen molar-refractivity contribution in [2.24, 2.45) is 0 Å². The third-order valence-corrected chi connectivity index (χ3v) is 4.55. The van der Waals surface area contributed by atoms with Gasteiger partial charge in [0.05, 0.1) is 17.7 Å². The molecule has 1 N–H and O–H groups in total. The summed E-state index contributed by atoms with van der Waals surface area (Å²) >= 11 is 0. The molecular formula is C17H22N6O6. The van der Waals surface area contributed by atoms with Gasteiger partial charge in [0.1, 0.15) is 6.33 Å². The van der Waals surface area contributed by atoms with Crippen molar-refractivity contribution in [1.82, 2.24) is 14.9 Å². The van der Waals surface area contributed by atoms with Crippen molar-refractivity contribution in [3.63, 3.8) is 0 Å². The number of carbonyl (C=O) groups excluding carboxylic acids is 1. The van der Waals surface area contributed by atoms with Gasteiger partial charge in [0.15, 0.2) is 12.1 Å². The van der Waals surface area contributed by atoms with Crippen molar-refractivity contribution in [3.8, 4) is 0 Å². The SMILES string of the molecule is COC(CNc1ncnc(N2CCN(C(=O)c3ccco3)CC2)c1[N+](=O)[O-])OC. The summed E-state index contributed by atoms with van der Waals surface area (Å²) in [6.45, 7) is 1.73. The van der Waals surface area contributed by atoms with Gasteiger partial charge < -0.3 is 29.0 Å². The summed E-state index contributed by atoms with van der Waals surface area (Å²) in [5.41, 5.74) is -0.232. The van der Waals surface area contributed by atoms with Crippen LogP contribution in [0.25, 0.3) is 0 Å². The Morgan fingerprint density at radius 3 is 2.62 bits per heavy atom. The van der Waals surface area contributed by atoms with Crippen LogP contribution in [0.1, 0.15) is 10.6 Å². The van der Waals surface area contributed by atoms with Gasteiger partial charge in [0.25, 0.3) is 5.91 Å². The smallest absolute Gasteiger partial charge is 0.353 e. The number of hydrogen-bond donors (Lipinski definition) is 1. The highest BCUT2D eigenvalue weighted by atomic mass is 16.7. The van der Waals surface area contributed by atoms with Crippen molar-refractivity contribution in [3.05, 3.63) is 40.6 Å². The number of furan rings is 1. The topological polar surface area (TPSA) is 136 Å². The van der Waals surface area contributed by atoms with Gasteiger partial charge in [-0.2, -0.15) is 0 Å². The average molecular weight is 406 g/mol. The van der Waals surface area contributed by atoms with E-state index in [1.165, 1.54) is 26.8 Å². The van der Waals surface area contributed by atoms with Crippen LogP contribution in [0.5, 0.6) is 0 Å². The second-order valence-corrected chi connectivity index (χ2v) is 6.19. The minimum Gasteiger partial charge on any atom is -0.459 e. The van der Waals surface area contributed by atoms with Gasteiger partial charge in [-0.1, -0.05) is 0 Å². The molecule has 0 saturated carbocycles. The number of nitro groups is 1. The summed E-state index contributed by atoms with van der Waals surface area (Å²) in [6, 6.07) is 3.26. The summed E-state index contributed by atoms with van der Waals surface area (Å²) in [7, 11) is 2.94. The number of rotatable bonds is 8. The van der Waals surface area contributed by atoms with E-state index in [1.807, 2.05) is 0 Å². The molecule has 0 bridgehead atoms. The first-order valence-electron chi connectivity index (χ1n) is 8.91. The normalized spacial score (nSPS) is 14.3. The van der Waals surface area contributed by atoms with Crippen LogP contribution in [0.2, 0.25) is 0 Å². The Labute approximate surface area is 166 Å². The number of piperazine rings is 1. The number of amides is 1. The van der Waals surface area contributed by atoms with Crippen LogP contribution >= 0.6 is 0 Å². The van der Waals surface area contributed by atoms with E-state index in [0.717, 1.165) is 0 Å². The molecule has 1 aliphatic heterocycles. The van der Waals surface area contributed by atoms with Crippen molar-refractivity contribution in [1.29, 1.82) is 0 Å². The van der Waals surface area contributed by atoms with E-state index in [2.05, 4.69) is 15.3 Å². The number of carbonyl (C=O) groups is 1. The molecule has 3 rings (SSSR count). The van der Waals surface area contributed by atoms with Gasteiger partial charge >= 0.3 is 5.69 Å². The lowest BCUT2D eigenvalue weighted by molar-refractivity contribution is -0.383. The van der Waals surface area contributed by atoms with Crippen LogP contribution in [-0.4, -0.2) is 78.9 Å². The molecule has 0 aliphatic carbocycles. The lowest BCUT2D eigenvalue weighted by Gasteiger charge is -2.34. The first kappa shape index (κ1) is 20.5. The largest absolute Gasteiger partial charge is 0.459 e. The lowest BCUT2D eigenvalue weighted by atomic mass is 10.2. The molecule has 1 amide bonds. The monoisotopic (exact) mass is 406 g/mol. The van der Waals surface area contributed by atoms with E-state index in [0.29, 0.717) is 26.2 Å². The van der Waals surface area contributed by atoms with Gasteiger partial charge in [-0.05, 0) is 12.1 Å². The highest BCUT2D eigenvalue weighted by Crippen LogP contribution is 2.32. The zero-order valence-electron chi connectivity index (χ0n) is 16.1. The van der Waals surface area contributed by atoms with Crippen LogP contribution in [0, 0.1) is 10.1 Å². The zero-order valence-corrected chi connectivity index (χ0v) is 16.1. The minimum atomic E-state index is -0.579. The summed E-state index contributed by atoms with van der Waals surface area (Å²) in [6.07, 6.45) is 2.13. The molecule has 0 unspecified atom stereocenters. The number of ether oxygens (including phenoxy) is 2. The average Bonchev–Trinajstić information content (AvgIpc) is 3.28. The molecule has 1 saturated heterocycles. The molecule has 0 spiro atoms. The molecule has 29 heavy (non-hydrogen) atoms. The fraction of sp³-hybridized carbons (Fsp3) is 0.471. The van der Waals surface area contributed by atoms with E-state index in [-0.39, 0.29) is 35.5 Å². The predicted molar refractivity (Wildman–Crippen MR) is 102 cm³/mol. The Morgan fingerprint density at radius 2 is 2.03 bits per heavy atom. The van der Waals surface area contributed by atoms with Gasteiger partial charge in [-0.25, -0.2) is 9.97 Å². The number of nitrogens with one attached hydrogen (secondary N) is 1. The standard InChI is InChI=1S/C17H22N6O6/c1-27-13(28-2)10-18-15-14(23(25)26)16(20-11-19-15)21-5-7-22(8-6-21)17(24)12-4-3-9-29-12/h3-4,9,11,13H,5-8,10H2,1-2H3,(H,18,19,20). The first-order valence-corrected chi connectivity index (χ1v) is 8.91. The third-order valence-electron chi connectivity index (χ3n) is 4.55. The predicted octanol–water partition coefficient (Wildman–Crippen LogP) is 0.971. The van der Waals surface area contributed by atoms with E-state index in [4.69, 9.17) is 13.9 Å². The highest BCUT2D eigenvalue weighted by molar-refractivity contribution is 5.91. The molecule has 12 nitrogen and oxygen atoms in total. The summed E-state index contributed by atoms with van der Waals surface area (Å²) in [5, 5.41) is 14.6. The van der Waals surface area contributed by atoms with Gasteiger partial charge in [-0.15, -0.1) is 0 Å². The van der Waals surface area contributed by atoms with E-state index >= 15 is 0 Å². The second kappa shape index (κ2) is 9.30. The summed E-state index contributed by atoms with van der Waals surface area (Å²) < 4.78 is 15.3. The zero-order chi connectivity index (χ0) is 20.8. The minimum absolute atomic E-state index is 0.0770. The van der Waals surface area contributed by atoms with Crippen LogP contribution in [-0.2, 0) is 9.47 Å². The molecule has 1 aliphatic rings. The summed E-state index contributed by atoms with van der Waals surface area (Å²) in [4.78, 5) is 35.1. The molecule has 2 aromatic heterocycles. The van der Waals surface area contributed by atoms with Crippen LogP contribution in [0.4, 0.5) is 17.3 Å². The maximum atomic E-state index is 12.4. The van der Waals surface area contributed by atoms with Crippen LogP contribution in [0.15, 0.2) is 29.1 Å². The van der Waals surface area contributed by atoms with Gasteiger partial charge in [0, 0.05) is 40.4 Å². The molecule has 0 aromatic carbocycles. The Morgan fingerprint density at radius 1 is 1.31 bits per heavy atom. The third kappa shape index (κ3) is 4.60. The van der Waals surface area contributed by atoms with Crippen LogP contribution < -0.4 is 10.2 Å². The molecule has 12 heteroatoms. The number of aromatic nitrogens is 2. The molecule has 156 valence electrons. The van der Waals surface area contributed by atoms with E-state index in [9.17, 15) is 14.9 Å². The number of nitrogens with zero attached hydrogens (tertiary/aromatic N) is 5. The summed E-state index contributed by atoms with van der Waals surface area (Å²) in [5.74, 6) is 0.334. The number of anilines is 2. The molecule has 2 aromatic rings. The Balaban J connectivity index is 1.73. The van der Waals surface area contributed by atoms with Crippen molar-refractivity contribution >= 4 is 23.2 Å². The second-order valence-electron chi connectivity index (χ2n) is 6.19. The number of methoxy groups -OCH3 is 2. The Hall–Kier alpha value is -3.25. The molecule has 3 heterocycles. The van der Waals surface area contributed by atoms with Gasteiger partial charge in [-0.3, -0.25) is 14.9 Å². The van der Waals surface area contributed by atoms with Crippen molar-refractivity contribution in [2.45, 2.75) is 6.29 Å². The van der Waals surface area contributed by atoms with E-state index in [1.54, 1.807) is 21.9 Å². The maximum absolute atomic E-state index is 12.4. The highest BCUT2D eigenvalue weighted by Gasteiger charge is 2.31. The molecular weight excluding hydrogens is 384 g/mol. The lowest BCUT2D eigenvalue weighted by Crippen LogP contribution is -2.49. The van der Waals surface area contributed by atoms with Crippen molar-refractivity contribution in [2.75, 3.05) is 57.2 Å². The van der Waals surface area contributed by atoms with E-state index < -0.39 is 11.2 Å². The quantitative estimate of drug-likeness (QED) is 0.383. The van der Waals surface area contributed by atoms with Crippen molar-refractivity contribution < 1.29 is 23.6 Å². The van der Waals surface area contributed by atoms with Gasteiger partial charge in [0.2, 0.25) is 11.6 Å². The molecule has 1 fully saturated rings. The maximum Gasteiger partial charge on any atom is 0.353 e. The Kier molecular flexibility index (Phi) is 6.57. The fourth-order valence-electron chi connectivity index (χ4n) is 3.02. The fourth-order valence-corrected chi connectivity index (χ4v) is 3.02. The number of hydrogen-bond acceptors (Lipinski definition) is 10. The van der Waals surface area contributed by atoms with Crippen LogP contribution in [0.3, 0.4) is 0 Å². The molecule has 0 radical (unpaired) electrons. The first-order chi connectivity index (χ1) is 14.0. The Bertz CT molecular complexity index is 833. The molecule has 0 atom stereocenters.